The highest BCUT2D eigenvalue weighted by molar-refractivity contribution is 6.52. The third-order valence-electron chi connectivity index (χ3n) is 6.33. The third kappa shape index (κ3) is 4.13. The maximum Gasteiger partial charge on any atom is 0.300 e. The summed E-state index contributed by atoms with van der Waals surface area (Å²) in [6, 6.07) is 14.3. The van der Waals surface area contributed by atoms with E-state index in [4.69, 9.17) is 30.5 Å². The van der Waals surface area contributed by atoms with Crippen LogP contribution in [0.2, 0.25) is 5.02 Å². The van der Waals surface area contributed by atoms with Gasteiger partial charge in [-0.3, -0.25) is 14.5 Å². The zero-order chi connectivity index (χ0) is 26.3. The molecule has 1 saturated heterocycles. The molecule has 1 atom stereocenters. The van der Waals surface area contributed by atoms with E-state index in [1.54, 1.807) is 61.5 Å². The Morgan fingerprint density at radius 2 is 1.73 bits per heavy atom. The lowest BCUT2D eigenvalue weighted by molar-refractivity contribution is -0.132. The van der Waals surface area contributed by atoms with Gasteiger partial charge in [0.15, 0.2) is 11.5 Å². The van der Waals surface area contributed by atoms with Crippen molar-refractivity contribution >= 4 is 34.7 Å². The van der Waals surface area contributed by atoms with Crippen molar-refractivity contribution in [3.63, 3.8) is 0 Å². The fraction of sp³-hybridized carbons (Fsp3) is 0.214. The van der Waals surface area contributed by atoms with E-state index in [9.17, 15) is 14.7 Å². The van der Waals surface area contributed by atoms with Gasteiger partial charge in [-0.05, 0) is 42.8 Å². The van der Waals surface area contributed by atoms with Crippen LogP contribution in [-0.2, 0) is 9.59 Å². The summed E-state index contributed by atoms with van der Waals surface area (Å²) >= 11 is 6.38. The molecule has 0 saturated carbocycles. The molecule has 1 amide bonds. The van der Waals surface area contributed by atoms with Crippen LogP contribution in [0.5, 0.6) is 23.0 Å². The summed E-state index contributed by atoms with van der Waals surface area (Å²) < 4.78 is 22.3. The second-order valence-electron chi connectivity index (χ2n) is 8.57. The Bertz CT molecular complexity index is 1450. The molecule has 190 valence electrons. The van der Waals surface area contributed by atoms with Gasteiger partial charge < -0.3 is 24.1 Å². The number of halogens is 1. The van der Waals surface area contributed by atoms with Gasteiger partial charge in [0, 0.05) is 17.3 Å². The van der Waals surface area contributed by atoms with Crippen LogP contribution in [-0.4, -0.2) is 44.2 Å². The monoisotopic (exact) mass is 521 g/mol. The van der Waals surface area contributed by atoms with Gasteiger partial charge >= 0.3 is 0 Å². The van der Waals surface area contributed by atoms with Gasteiger partial charge in [0.05, 0.1) is 36.4 Å². The number of aliphatic hydroxyl groups excluding tert-OH is 1. The lowest BCUT2D eigenvalue weighted by Crippen LogP contribution is -2.30. The number of ketones is 1. The van der Waals surface area contributed by atoms with Gasteiger partial charge in [0.2, 0.25) is 0 Å². The topological polar surface area (TPSA) is 94.5 Å². The van der Waals surface area contributed by atoms with E-state index < -0.39 is 23.5 Å². The Morgan fingerprint density at radius 3 is 2.46 bits per heavy atom. The van der Waals surface area contributed by atoms with Crippen LogP contribution in [0.4, 0.5) is 5.69 Å². The van der Waals surface area contributed by atoms with Crippen LogP contribution < -0.4 is 23.8 Å². The van der Waals surface area contributed by atoms with Crippen LogP contribution in [0.25, 0.3) is 5.76 Å². The first-order valence-corrected chi connectivity index (χ1v) is 11.9. The van der Waals surface area contributed by atoms with Crippen molar-refractivity contribution in [1.29, 1.82) is 0 Å². The highest BCUT2D eigenvalue weighted by atomic mass is 35.5. The van der Waals surface area contributed by atoms with E-state index >= 15 is 0 Å². The summed E-state index contributed by atoms with van der Waals surface area (Å²) in [5.41, 5.74) is 1.73. The molecule has 1 unspecified atom stereocenters. The van der Waals surface area contributed by atoms with Gasteiger partial charge in [-0.25, -0.2) is 0 Å². The van der Waals surface area contributed by atoms with E-state index in [2.05, 4.69) is 0 Å². The molecule has 1 fully saturated rings. The zero-order valence-electron chi connectivity index (χ0n) is 20.4. The SMILES string of the molecule is COc1ccccc1C1/C(=C(\O)c2cc(C)cc(Cl)c2OC)C(=O)C(=O)N1c1ccc2c(c1)OCCO2. The smallest absolute Gasteiger partial charge is 0.300 e. The molecule has 3 aromatic carbocycles. The number of carbonyl (C=O) groups is 2. The minimum Gasteiger partial charge on any atom is -0.507 e. The van der Waals surface area contributed by atoms with E-state index in [-0.39, 0.29) is 21.9 Å². The molecule has 2 heterocycles. The number of hydrogen-bond acceptors (Lipinski definition) is 7. The number of amides is 1. The van der Waals surface area contributed by atoms with E-state index in [0.29, 0.717) is 41.7 Å². The zero-order valence-corrected chi connectivity index (χ0v) is 21.2. The largest absolute Gasteiger partial charge is 0.507 e. The number of benzene rings is 3. The standard InChI is InChI=1S/C28H24ClNO7/c1-15-12-18(27(35-3)19(29)13-15)25(31)23-24(17-6-4-5-7-20(17)34-2)30(28(33)26(23)32)16-8-9-21-22(14-16)37-11-10-36-21/h4-9,12-14,24,31H,10-11H2,1-3H3/b25-23+. The van der Waals surface area contributed by atoms with Gasteiger partial charge in [-0.15, -0.1) is 0 Å². The van der Waals surface area contributed by atoms with Gasteiger partial charge in [0.1, 0.15) is 30.5 Å². The average molecular weight is 522 g/mol. The quantitative estimate of drug-likeness (QED) is 0.285. The predicted molar refractivity (Wildman–Crippen MR) is 138 cm³/mol. The second kappa shape index (κ2) is 9.71. The Hall–Kier alpha value is -4.17. The molecule has 5 rings (SSSR count). The van der Waals surface area contributed by atoms with Crippen molar-refractivity contribution in [3.8, 4) is 23.0 Å². The van der Waals surface area contributed by atoms with Gasteiger partial charge in [0.25, 0.3) is 11.7 Å². The number of carbonyl (C=O) groups excluding carboxylic acids is 2. The van der Waals surface area contributed by atoms with Crippen LogP contribution in [0, 0.1) is 6.92 Å². The molecule has 1 N–H and O–H groups in total. The molecule has 37 heavy (non-hydrogen) atoms. The summed E-state index contributed by atoms with van der Waals surface area (Å²) in [6.07, 6.45) is 0. The second-order valence-corrected chi connectivity index (χ2v) is 8.97. The molecule has 9 heteroatoms. The summed E-state index contributed by atoms with van der Waals surface area (Å²) in [5.74, 6) is -0.450. The number of rotatable bonds is 5. The van der Waals surface area contributed by atoms with Crippen molar-refractivity contribution in [1.82, 2.24) is 0 Å². The van der Waals surface area contributed by atoms with E-state index in [1.165, 1.54) is 19.1 Å². The molecule has 0 bridgehead atoms. The number of Topliss-reactive ketones (excluding diaryl/α,β-unsaturated/α-hetero) is 1. The van der Waals surface area contributed by atoms with E-state index in [0.717, 1.165) is 5.56 Å². The lowest BCUT2D eigenvalue weighted by Gasteiger charge is -2.28. The Balaban J connectivity index is 1.77. The van der Waals surface area contributed by atoms with Crippen molar-refractivity contribution in [2.45, 2.75) is 13.0 Å². The normalized spacial score (nSPS) is 18.2. The van der Waals surface area contributed by atoms with Crippen molar-refractivity contribution in [2.75, 3.05) is 32.3 Å². The number of ether oxygens (including phenoxy) is 4. The summed E-state index contributed by atoms with van der Waals surface area (Å²) in [5, 5.41) is 11.8. The first-order chi connectivity index (χ1) is 17.8. The molecule has 2 aliphatic heterocycles. The number of fused-ring (bicyclic) bond motifs is 1. The Kier molecular flexibility index (Phi) is 6.43. The number of aliphatic hydroxyl groups is 1. The fourth-order valence-electron chi connectivity index (χ4n) is 4.72. The Morgan fingerprint density at radius 1 is 1.00 bits per heavy atom. The first-order valence-electron chi connectivity index (χ1n) is 11.5. The molecule has 0 spiro atoms. The predicted octanol–water partition coefficient (Wildman–Crippen LogP) is 5.06. The number of aryl methyl sites for hydroxylation is 1. The van der Waals surface area contributed by atoms with E-state index in [1.807, 2.05) is 0 Å². The first kappa shape index (κ1) is 24.5. The molecule has 2 aliphatic rings. The molecule has 0 radical (unpaired) electrons. The number of anilines is 1. The molecular weight excluding hydrogens is 498 g/mol. The third-order valence-corrected chi connectivity index (χ3v) is 6.61. The summed E-state index contributed by atoms with van der Waals surface area (Å²) in [7, 11) is 2.91. The highest BCUT2D eigenvalue weighted by Crippen LogP contribution is 2.47. The molecule has 8 nitrogen and oxygen atoms in total. The van der Waals surface area contributed by atoms with Crippen molar-refractivity contribution in [2.24, 2.45) is 0 Å². The van der Waals surface area contributed by atoms with Crippen LogP contribution in [0.3, 0.4) is 0 Å². The minimum absolute atomic E-state index is 0.121. The van der Waals surface area contributed by atoms with Crippen LogP contribution in [0.1, 0.15) is 22.7 Å². The molecule has 3 aromatic rings. The summed E-state index contributed by atoms with van der Waals surface area (Å²) in [4.78, 5) is 28.4. The number of methoxy groups -OCH3 is 2. The van der Waals surface area contributed by atoms with Crippen LogP contribution >= 0.6 is 11.6 Å². The molecule has 0 aromatic heterocycles. The lowest BCUT2D eigenvalue weighted by atomic mass is 9.93. The van der Waals surface area contributed by atoms with Crippen molar-refractivity contribution < 1.29 is 33.6 Å². The average Bonchev–Trinajstić information content (AvgIpc) is 3.17. The van der Waals surface area contributed by atoms with Gasteiger partial charge in [-0.2, -0.15) is 0 Å². The molecule has 0 aliphatic carbocycles. The fourth-order valence-corrected chi connectivity index (χ4v) is 5.08. The number of hydrogen-bond donors (Lipinski definition) is 1. The Labute approximate surface area is 218 Å². The highest BCUT2D eigenvalue weighted by Gasteiger charge is 2.48. The number of nitrogens with zero attached hydrogens (tertiary/aromatic N) is 1. The minimum atomic E-state index is -1.01. The molecular formula is C28H24ClNO7. The van der Waals surface area contributed by atoms with Crippen LogP contribution in [0.15, 0.2) is 60.2 Å². The van der Waals surface area contributed by atoms with Gasteiger partial charge in [-0.1, -0.05) is 29.8 Å². The number of para-hydroxylation sites is 1. The summed E-state index contributed by atoms with van der Waals surface area (Å²) in [6.45, 7) is 2.58. The van der Waals surface area contributed by atoms with Crippen molar-refractivity contribution in [3.05, 3.63) is 81.9 Å². The maximum absolute atomic E-state index is 13.6. The maximum atomic E-state index is 13.6.